The Balaban J connectivity index is 1.28. The van der Waals surface area contributed by atoms with Gasteiger partial charge in [-0.3, -0.25) is 9.59 Å². The number of para-hydroxylation sites is 1. The Morgan fingerprint density at radius 2 is 1.80 bits per heavy atom. The number of carbonyl (C=O) groups excluding carboxylic acids is 1. The normalized spacial score (nSPS) is 14.8. The molecule has 6 heteroatoms. The number of aromatic nitrogens is 1. The van der Waals surface area contributed by atoms with Gasteiger partial charge in [-0.1, -0.05) is 43.7 Å². The average molecular weight is 476 g/mol. The molecule has 1 saturated heterocycles. The molecular weight excluding hydrogens is 438 g/mol. The van der Waals surface area contributed by atoms with E-state index in [0.29, 0.717) is 13.2 Å². The second-order valence-corrected chi connectivity index (χ2v) is 9.48. The van der Waals surface area contributed by atoms with Crippen molar-refractivity contribution in [2.45, 2.75) is 58.5 Å². The average Bonchev–Trinajstić information content (AvgIpc) is 2.88. The van der Waals surface area contributed by atoms with Crippen LogP contribution in [0.2, 0.25) is 0 Å². The van der Waals surface area contributed by atoms with Gasteiger partial charge in [0.2, 0.25) is 0 Å². The lowest BCUT2D eigenvalue weighted by Gasteiger charge is -2.32. The van der Waals surface area contributed by atoms with Crippen LogP contribution in [-0.2, 0) is 6.54 Å². The standard InChI is InChI=1S/C29H37N3O3/c1-3-4-17-32-27(33)21-22(2)25-12-8-13-26(28(25)32)35-20-9-16-31-18-14-24(15-19-31)30-29(34)23-10-6-5-7-11-23/h5-8,10-13,21,24H,3-4,9,14-20H2,1-2H3,(H,30,34). The molecule has 6 nitrogen and oxygen atoms in total. The van der Waals surface area contributed by atoms with Crippen molar-refractivity contribution in [1.82, 2.24) is 14.8 Å². The Kier molecular flexibility index (Phi) is 8.59. The molecule has 0 bridgehead atoms. The summed E-state index contributed by atoms with van der Waals surface area (Å²) in [5.74, 6) is 0.807. The van der Waals surface area contributed by atoms with Crippen molar-refractivity contribution in [3.63, 3.8) is 0 Å². The molecule has 186 valence electrons. The van der Waals surface area contributed by atoms with Crippen LogP contribution in [0.1, 0.15) is 54.9 Å². The summed E-state index contributed by atoms with van der Waals surface area (Å²) in [6.45, 7) is 8.36. The highest BCUT2D eigenvalue weighted by Gasteiger charge is 2.21. The number of rotatable bonds is 10. The number of hydrogen-bond donors (Lipinski definition) is 1. The van der Waals surface area contributed by atoms with Crippen LogP contribution in [0, 0.1) is 6.92 Å². The highest BCUT2D eigenvalue weighted by molar-refractivity contribution is 5.94. The summed E-state index contributed by atoms with van der Waals surface area (Å²) in [6, 6.07) is 17.4. The fraction of sp³-hybridized carbons (Fsp3) is 0.448. The Hall–Kier alpha value is -3.12. The largest absolute Gasteiger partial charge is 0.491 e. The summed E-state index contributed by atoms with van der Waals surface area (Å²) in [6.07, 6.45) is 4.85. The molecule has 1 fully saturated rings. The first kappa shape index (κ1) is 25.0. The topological polar surface area (TPSA) is 63.6 Å². The van der Waals surface area contributed by atoms with Gasteiger partial charge >= 0.3 is 0 Å². The van der Waals surface area contributed by atoms with Crippen LogP contribution in [0.5, 0.6) is 5.75 Å². The number of nitrogens with one attached hydrogen (secondary N) is 1. The predicted molar refractivity (Wildman–Crippen MR) is 141 cm³/mol. The smallest absolute Gasteiger partial charge is 0.251 e. The van der Waals surface area contributed by atoms with Crippen LogP contribution in [0.25, 0.3) is 10.9 Å². The second kappa shape index (κ2) is 12.0. The van der Waals surface area contributed by atoms with Crippen molar-refractivity contribution in [2.75, 3.05) is 26.2 Å². The Morgan fingerprint density at radius 3 is 2.54 bits per heavy atom. The molecule has 0 atom stereocenters. The molecule has 0 spiro atoms. The van der Waals surface area contributed by atoms with Crippen molar-refractivity contribution in [3.05, 3.63) is 76.1 Å². The van der Waals surface area contributed by atoms with Gasteiger partial charge in [0, 0.05) is 49.2 Å². The zero-order valence-electron chi connectivity index (χ0n) is 21.0. The molecule has 2 heterocycles. The number of amides is 1. The highest BCUT2D eigenvalue weighted by Crippen LogP contribution is 2.27. The minimum Gasteiger partial charge on any atom is -0.491 e. The van der Waals surface area contributed by atoms with E-state index >= 15 is 0 Å². The maximum absolute atomic E-state index is 12.7. The van der Waals surface area contributed by atoms with E-state index in [1.54, 1.807) is 6.07 Å². The lowest BCUT2D eigenvalue weighted by Crippen LogP contribution is -2.45. The molecule has 3 aromatic rings. The maximum atomic E-state index is 12.7. The first-order valence-electron chi connectivity index (χ1n) is 12.9. The van der Waals surface area contributed by atoms with Crippen molar-refractivity contribution in [2.24, 2.45) is 0 Å². The predicted octanol–water partition coefficient (Wildman–Crippen LogP) is 4.77. The summed E-state index contributed by atoms with van der Waals surface area (Å²) in [4.78, 5) is 27.5. The number of carbonyl (C=O) groups is 1. The lowest BCUT2D eigenvalue weighted by atomic mass is 10.0. The van der Waals surface area contributed by atoms with Gasteiger partial charge in [-0.2, -0.15) is 0 Å². The lowest BCUT2D eigenvalue weighted by molar-refractivity contribution is 0.0909. The highest BCUT2D eigenvalue weighted by atomic mass is 16.5. The summed E-state index contributed by atoms with van der Waals surface area (Å²) in [5, 5.41) is 4.25. The summed E-state index contributed by atoms with van der Waals surface area (Å²) in [7, 11) is 0. The number of nitrogens with zero attached hydrogens (tertiary/aromatic N) is 2. The molecule has 0 saturated carbocycles. The molecule has 0 unspecified atom stereocenters. The van der Waals surface area contributed by atoms with E-state index < -0.39 is 0 Å². The molecule has 1 aliphatic heterocycles. The van der Waals surface area contributed by atoms with E-state index in [0.717, 1.165) is 79.5 Å². The third-order valence-corrected chi connectivity index (χ3v) is 6.87. The van der Waals surface area contributed by atoms with Crippen molar-refractivity contribution < 1.29 is 9.53 Å². The molecule has 1 aromatic heterocycles. The van der Waals surface area contributed by atoms with Crippen LogP contribution in [-0.4, -0.2) is 47.7 Å². The zero-order valence-corrected chi connectivity index (χ0v) is 21.0. The monoisotopic (exact) mass is 475 g/mol. The molecule has 1 N–H and O–H groups in total. The van der Waals surface area contributed by atoms with Crippen LogP contribution >= 0.6 is 0 Å². The third-order valence-electron chi connectivity index (χ3n) is 6.87. The van der Waals surface area contributed by atoms with Crippen molar-refractivity contribution in [3.8, 4) is 5.75 Å². The Bertz CT molecular complexity index is 1180. The number of likely N-dealkylation sites (tertiary alicyclic amines) is 1. The molecule has 4 rings (SSSR count). The number of benzene rings is 2. The third kappa shape index (κ3) is 6.31. The van der Waals surface area contributed by atoms with Crippen LogP contribution < -0.4 is 15.6 Å². The van der Waals surface area contributed by atoms with E-state index in [1.165, 1.54) is 0 Å². The molecule has 0 radical (unpaired) electrons. The Labute approximate surface area is 207 Å². The van der Waals surface area contributed by atoms with Gasteiger partial charge in [-0.05, 0) is 56.4 Å². The molecule has 2 aromatic carbocycles. The van der Waals surface area contributed by atoms with Gasteiger partial charge in [-0.15, -0.1) is 0 Å². The fourth-order valence-corrected chi connectivity index (χ4v) is 4.85. The second-order valence-electron chi connectivity index (χ2n) is 9.48. The SMILES string of the molecule is CCCCn1c(=O)cc(C)c2cccc(OCCCN3CCC(NC(=O)c4ccccc4)CC3)c21. The quantitative estimate of drug-likeness (QED) is 0.429. The van der Waals surface area contributed by atoms with Gasteiger partial charge in [0.25, 0.3) is 11.5 Å². The zero-order chi connectivity index (χ0) is 24.6. The number of pyridine rings is 1. The summed E-state index contributed by atoms with van der Waals surface area (Å²) in [5.41, 5.74) is 2.67. The number of unbranched alkanes of at least 4 members (excludes halogenated alkanes) is 1. The van der Waals surface area contributed by atoms with Crippen molar-refractivity contribution >= 4 is 16.8 Å². The van der Waals surface area contributed by atoms with E-state index in [1.807, 2.05) is 54.0 Å². The number of hydrogen-bond acceptors (Lipinski definition) is 4. The summed E-state index contributed by atoms with van der Waals surface area (Å²) < 4.78 is 8.09. The first-order chi connectivity index (χ1) is 17.1. The van der Waals surface area contributed by atoms with E-state index in [-0.39, 0.29) is 17.5 Å². The van der Waals surface area contributed by atoms with Crippen LogP contribution in [0.3, 0.4) is 0 Å². The number of fused-ring (bicyclic) bond motifs is 1. The van der Waals surface area contributed by atoms with Crippen LogP contribution in [0.4, 0.5) is 0 Å². The van der Waals surface area contributed by atoms with Gasteiger partial charge in [-0.25, -0.2) is 0 Å². The van der Waals surface area contributed by atoms with Crippen molar-refractivity contribution in [1.29, 1.82) is 0 Å². The van der Waals surface area contributed by atoms with Gasteiger partial charge in [0.05, 0.1) is 12.1 Å². The van der Waals surface area contributed by atoms with Gasteiger partial charge < -0.3 is 19.5 Å². The Morgan fingerprint density at radius 1 is 1.03 bits per heavy atom. The number of piperidine rings is 1. The molecule has 0 aliphatic carbocycles. The van der Waals surface area contributed by atoms with E-state index in [4.69, 9.17) is 4.74 Å². The number of ether oxygens (including phenoxy) is 1. The van der Waals surface area contributed by atoms with E-state index in [2.05, 4.69) is 23.2 Å². The fourth-order valence-electron chi connectivity index (χ4n) is 4.85. The molecule has 1 amide bonds. The number of aryl methyl sites for hydroxylation is 2. The maximum Gasteiger partial charge on any atom is 0.251 e. The van der Waals surface area contributed by atoms with Gasteiger partial charge in [0.1, 0.15) is 5.75 Å². The van der Waals surface area contributed by atoms with Crippen LogP contribution in [0.15, 0.2) is 59.4 Å². The first-order valence-corrected chi connectivity index (χ1v) is 12.9. The summed E-state index contributed by atoms with van der Waals surface area (Å²) >= 11 is 0. The minimum absolute atomic E-state index is 0.0141. The minimum atomic E-state index is 0.0141. The molecule has 35 heavy (non-hydrogen) atoms. The van der Waals surface area contributed by atoms with E-state index in [9.17, 15) is 9.59 Å². The molecular formula is C29H37N3O3. The molecule has 1 aliphatic rings. The van der Waals surface area contributed by atoms with Gasteiger partial charge in [0.15, 0.2) is 0 Å².